The van der Waals surface area contributed by atoms with Crippen LogP contribution in [0.5, 0.6) is 0 Å². The Kier molecular flexibility index (Phi) is 6.05. The highest BCUT2D eigenvalue weighted by Crippen LogP contribution is 2.30. The van der Waals surface area contributed by atoms with Crippen LogP contribution in [-0.4, -0.2) is 35.5 Å². The number of carbonyl (C=O) groups excluding carboxylic acids is 4. The van der Waals surface area contributed by atoms with E-state index in [1.807, 2.05) is 0 Å². The van der Waals surface area contributed by atoms with Crippen molar-refractivity contribution >= 4 is 62.7 Å². The molecule has 0 bridgehead atoms. The third-order valence-electron chi connectivity index (χ3n) is 4.84. The number of nitrogens with zero attached hydrogens (tertiary/aromatic N) is 2. The third kappa shape index (κ3) is 4.39. The van der Waals surface area contributed by atoms with E-state index in [4.69, 9.17) is 20.9 Å². The minimum absolute atomic E-state index is 0.0174. The molecule has 2 aromatic carbocycles. The van der Waals surface area contributed by atoms with Gasteiger partial charge in [0.25, 0.3) is 17.7 Å². The SMILES string of the molecule is Cc1cc(N2C(=O)c3ccc(C(=O)OCC(=O)Nc4cc(Cl)c(Br)cc4C)cc3C2=O)no1. The number of anilines is 2. The number of fused-ring (bicyclic) bond motifs is 1. The molecule has 1 aliphatic heterocycles. The molecular formula is C22H15BrClN3O6. The summed E-state index contributed by atoms with van der Waals surface area (Å²) in [4.78, 5) is 50.9. The van der Waals surface area contributed by atoms with E-state index in [2.05, 4.69) is 26.4 Å². The summed E-state index contributed by atoms with van der Waals surface area (Å²) in [6.07, 6.45) is 0. The zero-order valence-electron chi connectivity index (χ0n) is 17.3. The quantitative estimate of drug-likeness (QED) is 0.384. The molecule has 0 atom stereocenters. The van der Waals surface area contributed by atoms with Gasteiger partial charge in [0, 0.05) is 16.2 Å². The Balaban J connectivity index is 1.44. The van der Waals surface area contributed by atoms with E-state index < -0.39 is 30.3 Å². The first-order valence-corrected chi connectivity index (χ1v) is 10.7. The lowest BCUT2D eigenvalue weighted by atomic mass is 10.1. The van der Waals surface area contributed by atoms with Crippen molar-refractivity contribution < 1.29 is 28.4 Å². The monoisotopic (exact) mass is 531 g/mol. The number of nitrogens with one attached hydrogen (secondary N) is 1. The molecule has 0 fully saturated rings. The van der Waals surface area contributed by atoms with E-state index in [0.717, 1.165) is 10.5 Å². The lowest BCUT2D eigenvalue weighted by molar-refractivity contribution is -0.119. The van der Waals surface area contributed by atoms with Crippen molar-refractivity contribution in [2.75, 3.05) is 16.8 Å². The van der Waals surface area contributed by atoms with Gasteiger partial charge >= 0.3 is 5.97 Å². The summed E-state index contributed by atoms with van der Waals surface area (Å²) in [5.41, 5.74) is 1.41. The van der Waals surface area contributed by atoms with Crippen LogP contribution >= 0.6 is 27.5 Å². The van der Waals surface area contributed by atoms with Gasteiger partial charge in [-0.3, -0.25) is 14.4 Å². The number of hydrogen-bond acceptors (Lipinski definition) is 7. The standard InChI is InChI=1S/C22H15BrClN3O6/c1-10-5-15(23)16(24)8-17(10)25-19(28)9-32-22(31)12-3-4-13-14(7-12)21(30)27(20(13)29)18-6-11(2)33-26-18/h3-8H,9H2,1-2H3,(H,25,28). The van der Waals surface area contributed by atoms with E-state index in [9.17, 15) is 19.2 Å². The van der Waals surface area contributed by atoms with Crippen LogP contribution in [0, 0.1) is 13.8 Å². The number of aromatic nitrogens is 1. The van der Waals surface area contributed by atoms with E-state index in [1.54, 1.807) is 26.0 Å². The second kappa shape index (κ2) is 8.80. The van der Waals surface area contributed by atoms with Gasteiger partial charge in [0.1, 0.15) is 5.76 Å². The fourth-order valence-electron chi connectivity index (χ4n) is 3.22. The van der Waals surface area contributed by atoms with Crippen molar-refractivity contribution in [3.05, 3.63) is 73.9 Å². The molecular weight excluding hydrogens is 518 g/mol. The van der Waals surface area contributed by atoms with Crippen molar-refractivity contribution in [3.8, 4) is 0 Å². The first-order valence-electron chi connectivity index (χ1n) is 9.54. The molecule has 0 unspecified atom stereocenters. The Morgan fingerprint density at radius 1 is 1.12 bits per heavy atom. The Morgan fingerprint density at radius 3 is 2.55 bits per heavy atom. The fourth-order valence-corrected chi connectivity index (χ4v) is 3.84. The van der Waals surface area contributed by atoms with Crippen LogP contribution in [-0.2, 0) is 9.53 Å². The van der Waals surface area contributed by atoms with Gasteiger partial charge in [0.2, 0.25) is 0 Å². The molecule has 0 radical (unpaired) electrons. The highest BCUT2D eigenvalue weighted by atomic mass is 79.9. The summed E-state index contributed by atoms with van der Waals surface area (Å²) in [5.74, 6) is -2.11. The van der Waals surface area contributed by atoms with Gasteiger partial charge in [-0.15, -0.1) is 0 Å². The number of amides is 3. The Hall–Kier alpha value is -3.50. The summed E-state index contributed by atoms with van der Waals surface area (Å²) in [6.45, 7) is 2.86. The van der Waals surface area contributed by atoms with Crippen LogP contribution in [0.15, 0.2) is 45.4 Å². The molecule has 0 aliphatic carbocycles. The van der Waals surface area contributed by atoms with E-state index >= 15 is 0 Å². The maximum atomic E-state index is 12.7. The van der Waals surface area contributed by atoms with E-state index in [0.29, 0.717) is 20.9 Å². The predicted octanol–water partition coefficient (Wildman–Crippen LogP) is 4.30. The minimum Gasteiger partial charge on any atom is -0.452 e. The average molecular weight is 533 g/mol. The van der Waals surface area contributed by atoms with Gasteiger partial charge in [-0.1, -0.05) is 16.8 Å². The molecule has 9 nitrogen and oxygen atoms in total. The Bertz CT molecular complexity index is 1340. The molecule has 1 N–H and O–H groups in total. The van der Waals surface area contributed by atoms with Crippen LogP contribution in [0.1, 0.15) is 42.4 Å². The van der Waals surface area contributed by atoms with Gasteiger partial charge in [0.05, 0.1) is 21.7 Å². The summed E-state index contributed by atoms with van der Waals surface area (Å²) >= 11 is 9.35. The first kappa shape index (κ1) is 22.7. The maximum absolute atomic E-state index is 12.7. The van der Waals surface area contributed by atoms with Crippen molar-refractivity contribution in [2.45, 2.75) is 13.8 Å². The summed E-state index contributed by atoms with van der Waals surface area (Å²) in [5, 5.41) is 6.74. The van der Waals surface area contributed by atoms with Crippen LogP contribution in [0.3, 0.4) is 0 Å². The van der Waals surface area contributed by atoms with Crippen LogP contribution < -0.4 is 10.2 Å². The number of aryl methyl sites for hydroxylation is 2. The average Bonchev–Trinajstić information content (AvgIpc) is 3.30. The largest absolute Gasteiger partial charge is 0.452 e. The molecule has 33 heavy (non-hydrogen) atoms. The van der Waals surface area contributed by atoms with Crippen LogP contribution in [0.25, 0.3) is 0 Å². The van der Waals surface area contributed by atoms with Crippen molar-refractivity contribution in [1.82, 2.24) is 5.16 Å². The molecule has 0 spiro atoms. The zero-order chi connectivity index (χ0) is 23.9. The zero-order valence-corrected chi connectivity index (χ0v) is 19.6. The number of carbonyl (C=O) groups is 4. The van der Waals surface area contributed by atoms with Crippen LogP contribution in [0.2, 0.25) is 5.02 Å². The number of halogens is 2. The molecule has 2 heterocycles. The Morgan fingerprint density at radius 2 is 1.85 bits per heavy atom. The molecule has 4 rings (SSSR count). The topological polar surface area (TPSA) is 119 Å². The van der Waals surface area contributed by atoms with Crippen molar-refractivity contribution in [3.63, 3.8) is 0 Å². The van der Waals surface area contributed by atoms with Gasteiger partial charge < -0.3 is 14.6 Å². The molecule has 168 valence electrons. The highest BCUT2D eigenvalue weighted by molar-refractivity contribution is 9.10. The van der Waals surface area contributed by atoms with Crippen molar-refractivity contribution in [2.24, 2.45) is 0 Å². The summed E-state index contributed by atoms with van der Waals surface area (Å²) < 4.78 is 10.7. The molecule has 1 aliphatic rings. The second-order valence-electron chi connectivity index (χ2n) is 7.21. The third-order valence-corrected chi connectivity index (χ3v) is 6.04. The summed E-state index contributed by atoms with van der Waals surface area (Å²) in [6, 6.07) is 8.73. The molecule has 3 amide bonds. The number of esters is 1. The number of imide groups is 1. The van der Waals surface area contributed by atoms with Crippen molar-refractivity contribution in [1.29, 1.82) is 0 Å². The van der Waals surface area contributed by atoms with Gasteiger partial charge in [-0.2, -0.15) is 0 Å². The van der Waals surface area contributed by atoms with E-state index in [-0.39, 0.29) is 22.5 Å². The lowest BCUT2D eigenvalue weighted by Crippen LogP contribution is -2.29. The van der Waals surface area contributed by atoms with E-state index in [1.165, 1.54) is 24.3 Å². The molecule has 11 heteroatoms. The number of ether oxygens (including phenoxy) is 1. The second-order valence-corrected chi connectivity index (χ2v) is 8.47. The first-order chi connectivity index (χ1) is 15.7. The number of benzene rings is 2. The molecule has 0 saturated carbocycles. The fraction of sp³-hybridized carbons (Fsp3) is 0.136. The maximum Gasteiger partial charge on any atom is 0.338 e. The summed E-state index contributed by atoms with van der Waals surface area (Å²) in [7, 11) is 0. The number of rotatable bonds is 5. The van der Waals surface area contributed by atoms with Crippen LogP contribution in [0.4, 0.5) is 11.5 Å². The molecule has 0 saturated heterocycles. The predicted molar refractivity (Wildman–Crippen MR) is 122 cm³/mol. The lowest BCUT2D eigenvalue weighted by Gasteiger charge is -2.10. The molecule has 3 aromatic rings. The smallest absolute Gasteiger partial charge is 0.338 e. The molecule has 1 aromatic heterocycles. The highest BCUT2D eigenvalue weighted by Gasteiger charge is 2.38. The minimum atomic E-state index is -0.825. The van der Waals surface area contributed by atoms with Gasteiger partial charge in [-0.05, 0) is 65.7 Å². The Labute approximate surface area is 200 Å². The van der Waals surface area contributed by atoms with Gasteiger partial charge in [0.15, 0.2) is 12.4 Å². The van der Waals surface area contributed by atoms with Gasteiger partial charge in [-0.25, -0.2) is 9.69 Å². The number of hydrogen-bond donors (Lipinski definition) is 1. The normalized spacial score (nSPS) is 12.7.